The minimum Gasteiger partial charge on any atom is -0.457 e. The van der Waals surface area contributed by atoms with Gasteiger partial charge in [0.15, 0.2) is 12.4 Å². The fourth-order valence-electron chi connectivity index (χ4n) is 2.50. The first kappa shape index (κ1) is 20.3. The Labute approximate surface area is 172 Å². The number of ketones is 1. The van der Waals surface area contributed by atoms with Crippen LogP contribution in [-0.2, 0) is 16.0 Å². The van der Waals surface area contributed by atoms with Crippen LogP contribution in [0.5, 0.6) is 5.75 Å². The van der Waals surface area contributed by atoms with E-state index in [4.69, 9.17) is 21.1 Å². The van der Waals surface area contributed by atoms with E-state index < -0.39 is 11.9 Å². The van der Waals surface area contributed by atoms with E-state index >= 15 is 0 Å². The second-order valence-electron chi connectivity index (χ2n) is 6.17. The van der Waals surface area contributed by atoms with Crippen LogP contribution in [0.25, 0.3) is 0 Å². The molecule has 0 bridgehead atoms. The van der Waals surface area contributed by atoms with Gasteiger partial charge in [0, 0.05) is 10.6 Å². The fraction of sp³-hybridized carbons (Fsp3) is 0.0870. The molecule has 3 aromatic carbocycles. The molecule has 0 spiro atoms. The lowest BCUT2D eigenvalue weighted by molar-refractivity contribution is -0.141. The van der Waals surface area contributed by atoms with Gasteiger partial charge in [0.1, 0.15) is 5.75 Å². The van der Waals surface area contributed by atoms with Gasteiger partial charge in [-0.1, -0.05) is 41.9 Å². The minimum atomic E-state index is -0.505. The average molecular weight is 409 g/mol. The number of rotatable bonds is 7. The van der Waals surface area contributed by atoms with Crippen LogP contribution in [-0.4, -0.2) is 24.3 Å². The molecule has 3 rings (SSSR count). The molecule has 0 amide bonds. The molecule has 0 unspecified atom stereocenters. The van der Waals surface area contributed by atoms with Gasteiger partial charge in [-0.25, -0.2) is 4.79 Å². The third kappa shape index (κ3) is 6.02. The third-order valence-electron chi connectivity index (χ3n) is 4.02. The van der Waals surface area contributed by atoms with E-state index in [-0.39, 0.29) is 18.8 Å². The summed E-state index contributed by atoms with van der Waals surface area (Å²) in [5, 5.41) is 0.579. The highest BCUT2D eigenvalue weighted by Crippen LogP contribution is 2.15. The molecule has 3 aromatic rings. The molecule has 0 saturated carbocycles. The van der Waals surface area contributed by atoms with Gasteiger partial charge in [0.2, 0.25) is 0 Å². The van der Waals surface area contributed by atoms with E-state index in [0.717, 1.165) is 5.56 Å². The van der Waals surface area contributed by atoms with E-state index in [2.05, 4.69) is 0 Å². The summed E-state index contributed by atoms with van der Waals surface area (Å²) in [5.74, 6) is -1.03. The van der Waals surface area contributed by atoms with Crippen molar-refractivity contribution in [2.75, 3.05) is 6.61 Å². The SMILES string of the molecule is O=C(Cc1ccc(Cl)cc1)OCC(=O)c1ccc(OC(=O)c2ccccc2)cc1. The van der Waals surface area contributed by atoms with Gasteiger partial charge >= 0.3 is 11.9 Å². The third-order valence-corrected chi connectivity index (χ3v) is 4.27. The van der Waals surface area contributed by atoms with Crippen LogP contribution in [0.4, 0.5) is 0 Å². The van der Waals surface area contributed by atoms with Crippen molar-refractivity contribution in [3.8, 4) is 5.75 Å². The van der Waals surface area contributed by atoms with E-state index in [1.807, 2.05) is 0 Å². The van der Waals surface area contributed by atoms with Crippen LogP contribution in [0, 0.1) is 0 Å². The molecule has 0 aliphatic carbocycles. The van der Waals surface area contributed by atoms with Crippen molar-refractivity contribution in [3.63, 3.8) is 0 Å². The summed E-state index contributed by atoms with van der Waals surface area (Å²) in [6, 6.07) is 21.5. The Morgan fingerprint density at radius 2 is 1.41 bits per heavy atom. The van der Waals surface area contributed by atoms with Crippen molar-refractivity contribution in [1.82, 2.24) is 0 Å². The summed E-state index contributed by atoms with van der Waals surface area (Å²) in [6.45, 7) is -0.366. The molecule has 0 heterocycles. The molecular weight excluding hydrogens is 392 g/mol. The second kappa shape index (κ2) is 9.66. The first-order chi connectivity index (χ1) is 14.0. The monoisotopic (exact) mass is 408 g/mol. The number of esters is 2. The second-order valence-corrected chi connectivity index (χ2v) is 6.60. The Balaban J connectivity index is 1.50. The molecule has 0 saturated heterocycles. The molecule has 0 atom stereocenters. The van der Waals surface area contributed by atoms with Gasteiger partial charge < -0.3 is 9.47 Å². The summed E-state index contributed by atoms with van der Waals surface area (Å²) in [4.78, 5) is 36.1. The van der Waals surface area contributed by atoms with Crippen LogP contribution < -0.4 is 4.74 Å². The minimum absolute atomic E-state index is 0.0544. The van der Waals surface area contributed by atoms with Gasteiger partial charge in [-0.2, -0.15) is 0 Å². The lowest BCUT2D eigenvalue weighted by Gasteiger charge is -2.07. The van der Waals surface area contributed by atoms with Crippen LogP contribution in [0.2, 0.25) is 5.02 Å². The highest BCUT2D eigenvalue weighted by molar-refractivity contribution is 6.30. The van der Waals surface area contributed by atoms with Crippen LogP contribution in [0.1, 0.15) is 26.3 Å². The first-order valence-corrected chi connectivity index (χ1v) is 9.19. The van der Waals surface area contributed by atoms with Gasteiger partial charge in [-0.3, -0.25) is 9.59 Å². The summed E-state index contributed by atoms with van der Waals surface area (Å²) in [5.41, 5.74) is 1.53. The fourth-order valence-corrected chi connectivity index (χ4v) is 2.62. The van der Waals surface area contributed by atoms with Gasteiger partial charge in [0.05, 0.1) is 12.0 Å². The zero-order valence-electron chi connectivity index (χ0n) is 15.3. The van der Waals surface area contributed by atoms with E-state index in [0.29, 0.717) is 21.9 Å². The highest BCUT2D eigenvalue weighted by Gasteiger charge is 2.12. The number of carbonyl (C=O) groups excluding carboxylic acids is 3. The van der Waals surface area contributed by atoms with Crippen molar-refractivity contribution in [1.29, 1.82) is 0 Å². The number of Topliss-reactive ketones (excluding diaryl/α,β-unsaturated/α-hetero) is 1. The maximum Gasteiger partial charge on any atom is 0.343 e. The quantitative estimate of drug-likeness (QED) is 0.326. The molecule has 29 heavy (non-hydrogen) atoms. The molecule has 0 aliphatic heterocycles. The maximum absolute atomic E-state index is 12.2. The molecule has 0 radical (unpaired) electrons. The predicted octanol–water partition coefficient (Wildman–Crippen LogP) is 4.53. The molecular formula is C23H17ClO5. The zero-order chi connectivity index (χ0) is 20.6. The first-order valence-electron chi connectivity index (χ1n) is 8.82. The Bertz CT molecular complexity index is 996. The van der Waals surface area contributed by atoms with Gasteiger partial charge in [-0.15, -0.1) is 0 Å². The van der Waals surface area contributed by atoms with Crippen molar-refractivity contribution < 1.29 is 23.9 Å². The Hall–Kier alpha value is -3.44. The number of hydrogen-bond acceptors (Lipinski definition) is 5. The topological polar surface area (TPSA) is 69.7 Å². The summed E-state index contributed by atoms with van der Waals surface area (Å²) >= 11 is 5.80. The van der Waals surface area contributed by atoms with Crippen molar-refractivity contribution in [2.45, 2.75) is 6.42 Å². The number of ether oxygens (including phenoxy) is 2. The smallest absolute Gasteiger partial charge is 0.343 e. The summed E-state index contributed by atoms with van der Waals surface area (Å²) < 4.78 is 10.3. The maximum atomic E-state index is 12.2. The molecule has 146 valence electrons. The van der Waals surface area contributed by atoms with E-state index in [1.54, 1.807) is 54.6 Å². The summed E-state index contributed by atoms with van der Waals surface area (Å²) in [7, 11) is 0. The van der Waals surface area contributed by atoms with Gasteiger partial charge in [-0.05, 0) is 54.1 Å². The van der Waals surface area contributed by atoms with Gasteiger partial charge in [0.25, 0.3) is 0 Å². The van der Waals surface area contributed by atoms with Crippen LogP contribution in [0.3, 0.4) is 0 Å². The highest BCUT2D eigenvalue weighted by atomic mass is 35.5. The van der Waals surface area contributed by atoms with Crippen LogP contribution in [0.15, 0.2) is 78.9 Å². The molecule has 5 nitrogen and oxygen atoms in total. The number of benzene rings is 3. The average Bonchev–Trinajstić information content (AvgIpc) is 2.75. The van der Waals surface area contributed by atoms with Crippen molar-refractivity contribution in [2.24, 2.45) is 0 Å². The standard InChI is InChI=1S/C23H17ClO5/c24-19-10-6-16(7-11-19)14-22(26)28-15-21(25)17-8-12-20(13-9-17)29-23(27)18-4-2-1-3-5-18/h1-13H,14-15H2. The molecule has 0 aliphatic rings. The Morgan fingerprint density at radius 3 is 2.07 bits per heavy atom. The molecule has 0 fully saturated rings. The van der Waals surface area contributed by atoms with Crippen molar-refractivity contribution in [3.05, 3.63) is 101 Å². The largest absolute Gasteiger partial charge is 0.457 e. The number of carbonyl (C=O) groups is 3. The van der Waals surface area contributed by atoms with E-state index in [9.17, 15) is 14.4 Å². The Morgan fingerprint density at radius 1 is 0.759 bits per heavy atom. The lowest BCUT2D eigenvalue weighted by Crippen LogP contribution is -2.15. The van der Waals surface area contributed by atoms with Crippen LogP contribution >= 0.6 is 11.6 Å². The van der Waals surface area contributed by atoms with Crippen molar-refractivity contribution >= 4 is 29.3 Å². The lowest BCUT2D eigenvalue weighted by atomic mass is 10.1. The molecule has 0 N–H and O–H groups in total. The molecule has 0 aromatic heterocycles. The Kier molecular flexibility index (Phi) is 6.76. The number of hydrogen-bond donors (Lipinski definition) is 0. The summed E-state index contributed by atoms with van der Waals surface area (Å²) in [6.07, 6.45) is 0.0544. The normalized spacial score (nSPS) is 10.2. The number of halogens is 1. The zero-order valence-corrected chi connectivity index (χ0v) is 16.1. The predicted molar refractivity (Wildman–Crippen MR) is 108 cm³/mol. The molecule has 6 heteroatoms. The van der Waals surface area contributed by atoms with E-state index in [1.165, 1.54) is 24.3 Å².